The Hall–Kier alpha value is -4.93. The molecule has 1 heterocycles. The molecule has 1 aromatic heterocycles. The molecule has 11 heteroatoms. The van der Waals surface area contributed by atoms with E-state index in [0.717, 1.165) is 17.7 Å². The molecule has 0 bridgehead atoms. The third kappa shape index (κ3) is 7.03. The minimum absolute atomic E-state index is 0.173. The molecular weight excluding hydrogens is 470 g/mol. The van der Waals surface area contributed by atoms with Crippen LogP contribution >= 0.6 is 0 Å². The van der Waals surface area contributed by atoms with Crippen molar-refractivity contribution in [2.24, 2.45) is 0 Å². The Morgan fingerprint density at radius 2 is 1.56 bits per heavy atom. The lowest BCUT2D eigenvalue weighted by Crippen LogP contribution is -2.41. The lowest BCUT2D eigenvalue weighted by molar-refractivity contribution is -0.130. The van der Waals surface area contributed by atoms with E-state index in [-0.39, 0.29) is 12.3 Å². The summed E-state index contributed by atoms with van der Waals surface area (Å²) in [5, 5.41) is 23.6. The van der Waals surface area contributed by atoms with Gasteiger partial charge in [0.2, 0.25) is 5.91 Å². The number of carbonyl (C=O) groups is 4. The lowest BCUT2D eigenvalue weighted by Gasteiger charge is -2.19. The number of hydrogen-bond acceptors (Lipinski definition) is 7. The number of nitrogens with zero attached hydrogens (tertiary/aromatic N) is 1. The second-order valence-corrected chi connectivity index (χ2v) is 7.45. The van der Waals surface area contributed by atoms with E-state index in [1.54, 1.807) is 48.5 Å². The Bertz CT molecular complexity index is 1230. The van der Waals surface area contributed by atoms with Gasteiger partial charge in [-0.15, -0.1) is 0 Å². The Labute approximate surface area is 205 Å². The fourth-order valence-corrected chi connectivity index (χ4v) is 3.18. The quantitative estimate of drug-likeness (QED) is 0.313. The number of amides is 2. The van der Waals surface area contributed by atoms with Gasteiger partial charge in [-0.2, -0.15) is 0 Å². The number of carboxylic acids is 2. The molecule has 0 saturated heterocycles. The maximum atomic E-state index is 13.0. The number of ether oxygens (including phenoxy) is 2. The van der Waals surface area contributed by atoms with E-state index in [1.807, 2.05) is 6.07 Å². The van der Waals surface area contributed by atoms with Crippen molar-refractivity contribution in [3.63, 3.8) is 0 Å². The van der Waals surface area contributed by atoms with Gasteiger partial charge in [-0.25, -0.2) is 14.6 Å². The fourth-order valence-electron chi connectivity index (χ4n) is 3.18. The van der Waals surface area contributed by atoms with Crippen LogP contribution in [0.1, 0.15) is 38.1 Å². The van der Waals surface area contributed by atoms with Crippen molar-refractivity contribution in [2.45, 2.75) is 12.6 Å². The van der Waals surface area contributed by atoms with Crippen LogP contribution in [0.4, 0.5) is 0 Å². The van der Waals surface area contributed by atoms with E-state index in [1.165, 1.54) is 7.11 Å². The Balaban J connectivity index is 1.70. The van der Waals surface area contributed by atoms with Crippen LogP contribution in [0.15, 0.2) is 66.7 Å². The monoisotopic (exact) mass is 493 g/mol. The molecular formula is C25H23N3O8. The van der Waals surface area contributed by atoms with Gasteiger partial charge in [-0.05, 0) is 23.3 Å². The second-order valence-electron chi connectivity index (χ2n) is 7.45. The molecule has 0 saturated carbocycles. The highest BCUT2D eigenvalue weighted by atomic mass is 16.5. The number of methoxy groups -OCH3 is 1. The number of carbonyl (C=O) groups excluding carboxylic acids is 2. The number of hydrogen-bond donors (Lipinski definition) is 4. The smallest absolute Gasteiger partial charge is 0.354 e. The summed E-state index contributed by atoms with van der Waals surface area (Å²) in [5.74, 6) is -3.60. The minimum atomic E-state index is -1.45. The molecule has 0 radical (unpaired) electrons. The molecule has 0 aliphatic rings. The first kappa shape index (κ1) is 25.7. The van der Waals surface area contributed by atoms with E-state index >= 15 is 0 Å². The van der Waals surface area contributed by atoms with Crippen molar-refractivity contribution >= 4 is 23.8 Å². The zero-order chi connectivity index (χ0) is 26.1. The first-order valence-electron chi connectivity index (χ1n) is 10.6. The van der Waals surface area contributed by atoms with Crippen LogP contribution in [0.25, 0.3) is 0 Å². The molecule has 1 atom stereocenters. The summed E-state index contributed by atoms with van der Waals surface area (Å²) in [4.78, 5) is 51.5. The van der Waals surface area contributed by atoms with Crippen LogP contribution in [0.2, 0.25) is 0 Å². The first-order valence-corrected chi connectivity index (χ1v) is 10.6. The highest BCUT2D eigenvalue weighted by Gasteiger charge is 2.23. The minimum Gasteiger partial charge on any atom is -0.497 e. The SMILES string of the molecule is COc1cccc(CNC(=O)[C@@H](NC(=O)COc2cc(C(=O)O)nc(C(=O)O)c2)c2ccccc2)c1. The zero-order valence-corrected chi connectivity index (χ0v) is 19.1. The molecule has 3 rings (SSSR count). The third-order valence-electron chi connectivity index (χ3n) is 4.91. The first-order chi connectivity index (χ1) is 17.3. The molecule has 36 heavy (non-hydrogen) atoms. The fraction of sp³-hybridized carbons (Fsp3) is 0.160. The highest BCUT2D eigenvalue weighted by Crippen LogP contribution is 2.17. The van der Waals surface area contributed by atoms with Crippen LogP contribution in [-0.2, 0) is 16.1 Å². The number of pyridine rings is 1. The molecule has 186 valence electrons. The third-order valence-corrected chi connectivity index (χ3v) is 4.91. The van der Waals surface area contributed by atoms with Gasteiger partial charge in [-0.1, -0.05) is 42.5 Å². The van der Waals surface area contributed by atoms with Gasteiger partial charge in [0.25, 0.3) is 5.91 Å². The van der Waals surface area contributed by atoms with E-state index in [2.05, 4.69) is 15.6 Å². The zero-order valence-electron chi connectivity index (χ0n) is 19.1. The van der Waals surface area contributed by atoms with Crippen LogP contribution in [-0.4, -0.2) is 52.7 Å². The topological polar surface area (TPSA) is 164 Å². The van der Waals surface area contributed by atoms with E-state index in [4.69, 9.17) is 19.7 Å². The number of rotatable bonds is 11. The van der Waals surface area contributed by atoms with Crippen LogP contribution < -0.4 is 20.1 Å². The van der Waals surface area contributed by atoms with Crippen molar-refractivity contribution in [1.82, 2.24) is 15.6 Å². The summed E-state index contributed by atoms with van der Waals surface area (Å²) in [6.45, 7) is -0.409. The summed E-state index contributed by atoms with van der Waals surface area (Å²) < 4.78 is 10.5. The molecule has 0 aliphatic carbocycles. The molecule has 2 amide bonds. The standard InChI is InChI=1S/C25H23N3O8/c1-35-17-9-5-6-15(10-17)13-26-23(30)22(16-7-3-2-4-8-16)28-21(29)14-36-18-11-19(24(31)32)27-20(12-18)25(33)34/h2-12,22H,13-14H2,1H3,(H,26,30)(H,28,29)(H,31,32)(H,33,34)/t22-/m0/s1. The second kappa shape index (κ2) is 12.0. The number of nitrogens with one attached hydrogen (secondary N) is 2. The van der Waals surface area contributed by atoms with Crippen molar-refractivity contribution in [1.29, 1.82) is 0 Å². The summed E-state index contributed by atoms with van der Waals surface area (Å²) >= 11 is 0. The number of aromatic carboxylic acids is 2. The van der Waals surface area contributed by atoms with E-state index in [9.17, 15) is 19.2 Å². The van der Waals surface area contributed by atoms with Crippen LogP contribution in [0.3, 0.4) is 0 Å². The van der Waals surface area contributed by atoms with Crippen LogP contribution in [0, 0.1) is 0 Å². The predicted octanol–water partition coefficient (Wildman–Crippen LogP) is 2.04. The van der Waals surface area contributed by atoms with Gasteiger partial charge >= 0.3 is 11.9 Å². The molecule has 0 fully saturated rings. The van der Waals surface area contributed by atoms with Crippen molar-refractivity contribution in [3.8, 4) is 11.5 Å². The van der Waals surface area contributed by atoms with Gasteiger partial charge in [0.05, 0.1) is 7.11 Å². The Morgan fingerprint density at radius 1 is 0.889 bits per heavy atom. The molecule has 0 aliphatic heterocycles. The Kier molecular flexibility index (Phi) is 8.54. The van der Waals surface area contributed by atoms with E-state index in [0.29, 0.717) is 11.3 Å². The maximum absolute atomic E-state index is 13.0. The van der Waals surface area contributed by atoms with Gasteiger partial charge < -0.3 is 30.3 Å². The van der Waals surface area contributed by atoms with Crippen molar-refractivity contribution in [2.75, 3.05) is 13.7 Å². The highest BCUT2D eigenvalue weighted by molar-refractivity contribution is 5.91. The van der Waals surface area contributed by atoms with Gasteiger partial charge in [0.15, 0.2) is 18.0 Å². The summed E-state index contributed by atoms with van der Waals surface area (Å²) in [6, 6.07) is 16.7. The number of benzene rings is 2. The molecule has 11 nitrogen and oxygen atoms in total. The predicted molar refractivity (Wildman–Crippen MR) is 126 cm³/mol. The van der Waals surface area contributed by atoms with Crippen molar-refractivity contribution in [3.05, 3.63) is 89.2 Å². The molecule has 0 spiro atoms. The van der Waals surface area contributed by atoms with Gasteiger partial charge in [0.1, 0.15) is 17.5 Å². The number of carboxylic acid groups (broad SMARTS) is 2. The lowest BCUT2D eigenvalue weighted by atomic mass is 10.1. The molecule has 0 unspecified atom stereocenters. The molecule has 3 aromatic rings. The summed E-state index contributed by atoms with van der Waals surface area (Å²) in [5.41, 5.74) is 0.221. The summed E-state index contributed by atoms with van der Waals surface area (Å²) in [6.07, 6.45) is 0. The average molecular weight is 493 g/mol. The van der Waals surface area contributed by atoms with Crippen LogP contribution in [0.5, 0.6) is 11.5 Å². The van der Waals surface area contributed by atoms with E-state index < -0.39 is 47.8 Å². The van der Waals surface area contributed by atoms with Crippen molar-refractivity contribution < 1.29 is 38.9 Å². The maximum Gasteiger partial charge on any atom is 0.354 e. The largest absolute Gasteiger partial charge is 0.497 e. The average Bonchev–Trinajstić information content (AvgIpc) is 2.89. The molecule has 2 aromatic carbocycles. The normalized spacial score (nSPS) is 11.1. The van der Waals surface area contributed by atoms with Gasteiger partial charge in [0, 0.05) is 18.7 Å². The molecule has 4 N–H and O–H groups in total. The van der Waals surface area contributed by atoms with Gasteiger partial charge in [-0.3, -0.25) is 9.59 Å². The summed E-state index contributed by atoms with van der Waals surface area (Å²) in [7, 11) is 1.54. The Morgan fingerprint density at radius 3 is 2.17 bits per heavy atom. The number of aromatic nitrogens is 1.